The van der Waals surface area contributed by atoms with Crippen LogP contribution < -0.4 is 0 Å². The third-order valence-electron chi connectivity index (χ3n) is 13.3. The third kappa shape index (κ3) is 8.27. The maximum Gasteiger partial charge on any atom is 0.230 e. The predicted molar refractivity (Wildman–Crippen MR) is 337 cm³/mol. The number of benzene rings is 1. The number of rotatable bonds is 11. The van der Waals surface area contributed by atoms with Crippen molar-refractivity contribution in [2.24, 2.45) is 0 Å². The van der Waals surface area contributed by atoms with Gasteiger partial charge in [0.1, 0.15) is 0 Å². The Morgan fingerprint density at radius 3 is 1.71 bits per heavy atom. The molecule has 0 amide bonds. The van der Waals surface area contributed by atoms with E-state index in [1.807, 2.05) is 102 Å². The van der Waals surface area contributed by atoms with Crippen molar-refractivity contribution in [2.45, 2.75) is 48.0 Å². The van der Waals surface area contributed by atoms with Gasteiger partial charge in [-0.15, -0.1) is 113 Å². The fourth-order valence-electron chi connectivity index (χ4n) is 10.0. The predicted octanol–water partition coefficient (Wildman–Crippen LogP) is 22.4. The van der Waals surface area contributed by atoms with Crippen LogP contribution in [0.15, 0.2) is 143 Å². The molecule has 13 rings (SSSR count). The zero-order valence-electron chi connectivity index (χ0n) is 41.6. The van der Waals surface area contributed by atoms with E-state index in [1.165, 1.54) is 96.3 Å². The van der Waals surface area contributed by atoms with Crippen LogP contribution in [0.2, 0.25) is 0 Å². The van der Waals surface area contributed by atoms with Crippen molar-refractivity contribution in [1.82, 2.24) is 0 Å². The summed E-state index contributed by atoms with van der Waals surface area (Å²) in [5.74, 6) is -0.132. The van der Waals surface area contributed by atoms with Crippen LogP contribution in [-0.4, -0.2) is 11.6 Å². The number of fused-ring (bicyclic) bond motifs is 6. The Morgan fingerprint density at radius 2 is 1.09 bits per heavy atom. The molecule has 3 nitrogen and oxygen atoms in total. The Labute approximate surface area is 479 Å². The van der Waals surface area contributed by atoms with Gasteiger partial charge in [0.25, 0.3) is 0 Å². The van der Waals surface area contributed by atoms with E-state index in [9.17, 15) is 9.59 Å². The molecule has 0 aliphatic heterocycles. The average molecular weight is 1170 g/mol. The van der Waals surface area contributed by atoms with Crippen LogP contribution in [0.25, 0.3) is 106 Å². The largest absolute Gasteiger partial charge is 0.450 e. The molecule has 11 heterocycles. The Balaban J connectivity index is 0.950. The number of aryl methyl sites for hydroxylation is 4. The second-order valence-electron chi connectivity index (χ2n) is 18.1. The van der Waals surface area contributed by atoms with E-state index in [-0.39, 0.29) is 17.3 Å². The highest BCUT2D eigenvalue weighted by molar-refractivity contribution is 7.32. The number of carbonyl (C=O) groups is 2. The van der Waals surface area contributed by atoms with Gasteiger partial charge in [-0.25, -0.2) is 0 Å². The smallest absolute Gasteiger partial charge is 0.230 e. The Kier molecular flexibility index (Phi) is 12.9. The summed E-state index contributed by atoms with van der Waals surface area (Å²) < 4.78 is 9.02. The van der Waals surface area contributed by atoms with Gasteiger partial charge >= 0.3 is 0 Å². The van der Waals surface area contributed by atoms with Crippen molar-refractivity contribution >= 4 is 162 Å². The van der Waals surface area contributed by atoms with Crippen LogP contribution >= 0.6 is 113 Å². The lowest BCUT2D eigenvalue weighted by atomic mass is 9.87. The molecule has 0 radical (unpaired) electrons. The van der Waals surface area contributed by atoms with Crippen LogP contribution in [-0.2, 0) is 6.42 Å². The highest BCUT2D eigenvalue weighted by Gasteiger charge is 2.40. The maximum absolute atomic E-state index is 14.1. The minimum atomic E-state index is -0.193. The lowest BCUT2D eigenvalue weighted by Gasteiger charge is -2.11. The molecule has 0 saturated carbocycles. The fourth-order valence-corrected chi connectivity index (χ4v) is 21.2. The Hall–Kier alpha value is -6.04. The molecule has 0 N–H and O–H groups in total. The molecule has 76 heavy (non-hydrogen) atoms. The molecular formula is C63H40O3S10. The summed E-state index contributed by atoms with van der Waals surface area (Å²) in [7, 11) is 0. The molecular weight excluding hydrogens is 1130 g/mol. The number of thiophene rings is 10. The summed E-state index contributed by atoms with van der Waals surface area (Å²) in [5.41, 5.74) is 17.4. The first kappa shape index (κ1) is 49.5. The zero-order valence-corrected chi connectivity index (χ0v) is 49.8. The number of ketones is 2. The summed E-state index contributed by atoms with van der Waals surface area (Å²) in [6, 6.07) is 31.9. The van der Waals surface area contributed by atoms with E-state index in [4.69, 9.17) is 4.42 Å². The van der Waals surface area contributed by atoms with Gasteiger partial charge in [0.2, 0.25) is 5.78 Å². The third-order valence-corrected chi connectivity index (χ3v) is 25.2. The summed E-state index contributed by atoms with van der Waals surface area (Å²) in [4.78, 5) is 48.8. The van der Waals surface area contributed by atoms with Crippen molar-refractivity contribution in [1.29, 1.82) is 0 Å². The van der Waals surface area contributed by atoms with Crippen molar-refractivity contribution < 1.29 is 14.0 Å². The van der Waals surface area contributed by atoms with Crippen molar-refractivity contribution in [3.8, 4) is 69.7 Å². The molecule has 0 spiro atoms. The lowest BCUT2D eigenvalue weighted by molar-refractivity contribution is 0.0962. The SMILES string of the molecule is C=C=C=C=C=C(C=CC)c1ccc(-c2c3cc(-c4ccc(-c5ccc(-c6sc(C)c7c8c(oc67)C(=O)c6c(C)sc(C)c6C8=O)s5)s4)sc3c(-c3ccc(CC=CC)s3)c3cc(-c4ccc(-c5ccc(C)s5)s4)sc23)s1. The van der Waals surface area contributed by atoms with Crippen LogP contribution in [0.5, 0.6) is 0 Å². The molecule has 0 atom stereocenters. The van der Waals surface area contributed by atoms with E-state index in [1.54, 1.807) is 34.0 Å². The van der Waals surface area contributed by atoms with Gasteiger partial charge in [0, 0.05) is 131 Å². The van der Waals surface area contributed by atoms with E-state index in [0.29, 0.717) is 22.3 Å². The average Bonchev–Trinajstić information content (AvgIpc) is 4.31. The standard InChI is InChI=1S/C63H40O3S10/c1-8-11-13-15-35(14-10-3)39-21-27-47(71-39)55-38-30-50(75-61(38)54(46-20-18-36(70-46)16-12-9-2)37-29-49(76-62(37)55)44-24-22-41(72-44)40-19-17-31(4)67-40)45-25-23-42(73-45)43-26-28-48(74-43)63-60-53(34(7)69-63)56-57(64)51-32(5)68-33(6)52(51)58(65)59(56)66-60/h9-10,12,14,17-30H,1,16H2,2-7H3. The highest BCUT2D eigenvalue weighted by atomic mass is 32.1. The van der Waals surface area contributed by atoms with Gasteiger partial charge < -0.3 is 4.42 Å². The summed E-state index contributed by atoms with van der Waals surface area (Å²) in [6.45, 7) is 15.8. The van der Waals surface area contributed by atoms with E-state index in [2.05, 4.69) is 147 Å². The number of hydrogen-bond donors (Lipinski definition) is 0. The second kappa shape index (κ2) is 19.8. The lowest BCUT2D eigenvalue weighted by Crippen LogP contribution is -2.19. The number of hydrogen-bond acceptors (Lipinski definition) is 13. The van der Waals surface area contributed by atoms with Crippen molar-refractivity contribution in [3.63, 3.8) is 0 Å². The highest BCUT2D eigenvalue weighted by Crippen LogP contribution is 2.56. The molecule has 0 unspecified atom stereocenters. The fraction of sp³-hybridized carbons (Fsp3) is 0.111. The van der Waals surface area contributed by atoms with Crippen LogP contribution in [0, 0.1) is 27.7 Å². The number of allylic oxidation sites excluding steroid dienone is 5. The Morgan fingerprint density at radius 1 is 0.526 bits per heavy atom. The molecule has 13 heteroatoms. The minimum Gasteiger partial charge on any atom is -0.450 e. The van der Waals surface area contributed by atoms with Crippen molar-refractivity contribution in [3.05, 3.63) is 190 Å². The van der Waals surface area contributed by atoms with Gasteiger partial charge in [-0.2, -0.15) is 0 Å². The van der Waals surface area contributed by atoms with Crippen molar-refractivity contribution in [2.75, 3.05) is 0 Å². The maximum atomic E-state index is 14.1. The van der Waals surface area contributed by atoms with Gasteiger partial charge in [0.05, 0.1) is 16.0 Å². The van der Waals surface area contributed by atoms with Crippen LogP contribution in [0.4, 0.5) is 0 Å². The van der Waals surface area contributed by atoms with E-state index in [0.717, 1.165) is 51.5 Å². The van der Waals surface area contributed by atoms with Gasteiger partial charge in [-0.3, -0.25) is 9.59 Å². The van der Waals surface area contributed by atoms with Gasteiger partial charge in [0.15, 0.2) is 17.1 Å². The topological polar surface area (TPSA) is 47.3 Å². The quantitative estimate of drug-likeness (QED) is 0.0737. The number of carbonyl (C=O) groups excluding carboxylic acids is 2. The van der Waals surface area contributed by atoms with E-state index >= 15 is 0 Å². The minimum absolute atomic E-state index is 0.110. The number of furan rings is 1. The summed E-state index contributed by atoms with van der Waals surface area (Å²) >= 11 is 17.8. The molecule has 1 aliphatic carbocycles. The zero-order chi connectivity index (χ0) is 52.1. The summed E-state index contributed by atoms with van der Waals surface area (Å²) in [5, 5.41) is 3.29. The molecule has 12 aromatic rings. The first-order chi connectivity index (χ1) is 37.0. The monoisotopic (exact) mass is 1160 g/mol. The molecule has 11 aromatic heterocycles. The second-order valence-corrected chi connectivity index (χ2v) is 29.7. The molecule has 0 saturated heterocycles. The van der Waals surface area contributed by atoms with E-state index < -0.39 is 0 Å². The molecule has 0 fully saturated rings. The molecule has 1 aromatic carbocycles. The first-order valence-corrected chi connectivity index (χ1v) is 32.4. The van der Waals surface area contributed by atoms with Gasteiger partial charge in [-0.1, -0.05) is 29.7 Å². The van der Waals surface area contributed by atoms with Crippen LogP contribution in [0.1, 0.15) is 75.2 Å². The van der Waals surface area contributed by atoms with Gasteiger partial charge in [-0.05, 0) is 157 Å². The molecule has 1 aliphatic rings. The van der Waals surface area contributed by atoms with Crippen LogP contribution in [0.3, 0.4) is 0 Å². The molecule has 0 bridgehead atoms. The molecule has 370 valence electrons. The first-order valence-electron chi connectivity index (χ1n) is 24.2. The normalized spacial score (nSPS) is 12.4. The summed E-state index contributed by atoms with van der Waals surface area (Å²) in [6.07, 6.45) is 9.38. The Bertz CT molecular complexity index is 4630.